The number of nitrogens with zero attached hydrogens (tertiary/aromatic N) is 1. The van der Waals surface area contributed by atoms with Gasteiger partial charge in [0, 0.05) is 10.9 Å². The molecule has 6 nitrogen and oxygen atoms in total. The molecule has 0 radical (unpaired) electrons. The maximum absolute atomic E-state index is 12.0. The highest BCUT2D eigenvalue weighted by Crippen LogP contribution is 2.23. The minimum Gasteiger partial charge on any atom is -0.508 e. The van der Waals surface area contributed by atoms with Crippen molar-refractivity contribution in [3.8, 4) is 5.75 Å². The summed E-state index contributed by atoms with van der Waals surface area (Å²) in [6.07, 6.45) is 1.14. The maximum atomic E-state index is 12.0. The molecule has 0 spiro atoms. The number of nitrogens with one attached hydrogen (secondary N) is 1. The van der Waals surface area contributed by atoms with Crippen LogP contribution in [0.1, 0.15) is 15.9 Å². The van der Waals surface area contributed by atoms with Crippen LogP contribution in [0.15, 0.2) is 62.8 Å². The highest BCUT2D eigenvalue weighted by molar-refractivity contribution is 6.37. The number of carbonyl (C=O) groups excluding carboxylic acids is 1. The van der Waals surface area contributed by atoms with Crippen LogP contribution >= 0.6 is 11.6 Å². The van der Waals surface area contributed by atoms with Crippen LogP contribution in [0.4, 0.5) is 0 Å². The predicted molar refractivity (Wildman–Crippen MR) is 90.7 cm³/mol. The van der Waals surface area contributed by atoms with E-state index in [4.69, 9.17) is 16.0 Å². The Morgan fingerprint density at radius 3 is 2.62 bits per heavy atom. The maximum Gasteiger partial charge on any atom is 0.346 e. The Hall–Kier alpha value is -3.12. The van der Waals surface area contributed by atoms with Gasteiger partial charge in [0.15, 0.2) is 0 Å². The lowest BCUT2D eigenvalue weighted by Gasteiger charge is -2.02. The molecule has 0 aliphatic heterocycles. The van der Waals surface area contributed by atoms with Crippen LogP contribution < -0.4 is 11.1 Å². The summed E-state index contributed by atoms with van der Waals surface area (Å²) in [6, 6.07) is 12.5. The van der Waals surface area contributed by atoms with Gasteiger partial charge in [0.25, 0.3) is 5.91 Å². The van der Waals surface area contributed by atoms with Gasteiger partial charge in [-0.3, -0.25) is 4.79 Å². The summed E-state index contributed by atoms with van der Waals surface area (Å²) in [6.45, 7) is 0. The van der Waals surface area contributed by atoms with Crippen LogP contribution in [-0.4, -0.2) is 17.2 Å². The zero-order chi connectivity index (χ0) is 17.1. The molecule has 120 valence electrons. The van der Waals surface area contributed by atoms with E-state index >= 15 is 0 Å². The van der Waals surface area contributed by atoms with Crippen LogP contribution in [-0.2, 0) is 0 Å². The Kier molecular flexibility index (Phi) is 4.31. The van der Waals surface area contributed by atoms with E-state index in [1.807, 2.05) is 0 Å². The topological polar surface area (TPSA) is 91.9 Å². The lowest BCUT2D eigenvalue weighted by Crippen LogP contribution is -2.18. The number of halogens is 1. The number of para-hydroxylation sites is 1. The molecule has 1 heterocycles. The van der Waals surface area contributed by atoms with Crippen molar-refractivity contribution in [1.82, 2.24) is 5.43 Å². The number of carbonyl (C=O) groups is 1. The average Bonchev–Trinajstić information content (AvgIpc) is 2.58. The first kappa shape index (κ1) is 15.8. The summed E-state index contributed by atoms with van der Waals surface area (Å²) in [5, 5.41) is 13.7. The van der Waals surface area contributed by atoms with E-state index in [0.29, 0.717) is 16.5 Å². The van der Waals surface area contributed by atoms with E-state index in [1.54, 1.807) is 24.3 Å². The van der Waals surface area contributed by atoms with E-state index in [-0.39, 0.29) is 16.3 Å². The SMILES string of the molecule is O=C(N/N=C/c1c(Cl)c2ccccc2oc1=O)c1ccc(O)cc1. The molecule has 0 unspecified atom stereocenters. The molecule has 0 bridgehead atoms. The molecule has 0 atom stereocenters. The molecule has 2 aromatic carbocycles. The summed E-state index contributed by atoms with van der Waals surface area (Å²) in [5.41, 5.74) is 2.35. The van der Waals surface area contributed by atoms with E-state index in [1.165, 1.54) is 24.3 Å². The van der Waals surface area contributed by atoms with E-state index in [2.05, 4.69) is 10.5 Å². The van der Waals surface area contributed by atoms with Gasteiger partial charge in [0.05, 0.1) is 16.8 Å². The molecule has 0 aliphatic carbocycles. The summed E-state index contributed by atoms with van der Waals surface area (Å²) in [7, 11) is 0. The van der Waals surface area contributed by atoms with E-state index < -0.39 is 11.5 Å². The summed E-state index contributed by atoms with van der Waals surface area (Å²) >= 11 is 6.20. The second kappa shape index (κ2) is 6.55. The molecule has 3 rings (SSSR count). The van der Waals surface area contributed by atoms with Crippen molar-refractivity contribution in [2.75, 3.05) is 0 Å². The van der Waals surface area contributed by atoms with E-state index in [9.17, 15) is 14.7 Å². The lowest BCUT2D eigenvalue weighted by molar-refractivity contribution is 0.0955. The Morgan fingerprint density at radius 2 is 1.88 bits per heavy atom. The van der Waals surface area contributed by atoms with Gasteiger partial charge in [-0.1, -0.05) is 23.7 Å². The quantitative estimate of drug-likeness (QED) is 0.435. The average molecular weight is 343 g/mol. The molecular weight excluding hydrogens is 332 g/mol. The van der Waals surface area contributed by atoms with Gasteiger partial charge >= 0.3 is 5.63 Å². The van der Waals surface area contributed by atoms with Gasteiger partial charge in [0.2, 0.25) is 0 Å². The van der Waals surface area contributed by atoms with Crippen LogP contribution in [0.2, 0.25) is 5.02 Å². The van der Waals surface area contributed by atoms with Crippen LogP contribution in [0, 0.1) is 0 Å². The number of hydrogen-bond donors (Lipinski definition) is 2. The highest BCUT2D eigenvalue weighted by Gasteiger charge is 2.11. The molecule has 24 heavy (non-hydrogen) atoms. The number of hydrogen-bond acceptors (Lipinski definition) is 5. The number of fused-ring (bicyclic) bond motifs is 1. The van der Waals surface area contributed by atoms with Crippen molar-refractivity contribution in [3.05, 3.63) is 75.1 Å². The number of hydrazone groups is 1. The minimum absolute atomic E-state index is 0.0429. The first-order chi connectivity index (χ1) is 11.6. The van der Waals surface area contributed by atoms with Crippen molar-refractivity contribution in [2.45, 2.75) is 0 Å². The molecule has 7 heteroatoms. The molecule has 1 aromatic heterocycles. The normalized spacial score (nSPS) is 11.0. The van der Waals surface area contributed by atoms with Crippen molar-refractivity contribution in [3.63, 3.8) is 0 Å². The highest BCUT2D eigenvalue weighted by atomic mass is 35.5. The Morgan fingerprint density at radius 1 is 1.17 bits per heavy atom. The third-order valence-electron chi connectivity index (χ3n) is 3.27. The molecule has 0 saturated carbocycles. The van der Waals surface area contributed by atoms with Crippen molar-refractivity contribution < 1.29 is 14.3 Å². The van der Waals surface area contributed by atoms with Crippen LogP contribution in [0.3, 0.4) is 0 Å². The third-order valence-corrected chi connectivity index (χ3v) is 3.68. The number of rotatable bonds is 3. The smallest absolute Gasteiger partial charge is 0.346 e. The fraction of sp³-hybridized carbons (Fsp3) is 0. The molecular formula is C17H11ClN2O4. The second-order valence-electron chi connectivity index (χ2n) is 4.86. The number of phenolic OH excluding ortho intramolecular Hbond substituents is 1. The van der Waals surface area contributed by atoms with Crippen molar-refractivity contribution >= 4 is 34.7 Å². The van der Waals surface area contributed by atoms with Crippen molar-refractivity contribution in [1.29, 1.82) is 0 Å². The zero-order valence-corrected chi connectivity index (χ0v) is 12.9. The fourth-order valence-corrected chi connectivity index (χ4v) is 2.35. The molecule has 0 saturated heterocycles. The van der Waals surface area contributed by atoms with Gasteiger partial charge in [0.1, 0.15) is 11.3 Å². The Balaban J connectivity index is 1.84. The molecule has 2 N–H and O–H groups in total. The number of aromatic hydroxyl groups is 1. The van der Waals surface area contributed by atoms with Gasteiger partial charge in [-0.15, -0.1) is 0 Å². The molecule has 0 aliphatic rings. The first-order valence-corrected chi connectivity index (χ1v) is 7.28. The monoisotopic (exact) mass is 342 g/mol. The first-order valence-electron chi connectivity index (χ1n) is 6.90. The van der Waals surface area contributed by atoms with Gasteiger partial charge in [-0.05, 0) is 36.4 Å². The van der Waals surface area contributed by atoms with Crippen LogP contribution in [0.25, 0.3) is 11.0 Å². The Labute approximate surface area is 141 Å². The third kappa shape index (κ3) is 3.13. The second-order valence-corrected chi connectivity index (χ2v) is 5.24. The Bertz CT molecular complexity index is 994. The van der Waals surface area contributed by atoms with Crippen molar-refractivity contribution in [2.24, 2.45) is 5.10 Å². The predicted octanol–water partition coefficient (Wildman–Crippen LogP) is 2.92. The van der Waals surface area contributed by atoms with Gasteiger partial charge in [-0.25, -0.2) is 10.2 Å². The number of amides is 1. The van der Waals surface area contributed by atoms with Gasteiger partial charge in [-0.2, -0.15) is 5.10 Å². The van der Waals surface area contributed by atoms with E-state index in [0.717, 1.165) is 6.21 Å². The lowest BCUT2D eigenvalue weighted by atomic mass is 10.2. The molecule has 0 fully saturated rings. The summed E-state index contributed by atoms with van der Waals surface area (Å²) in [4.78, 5) is 23.8. The molecule has 3 aromatic rings. The van der Waals surface area contributed by atoms with Gasteiger partial charge < -0.3 is 9.52 Å². The molecule has 1 amide bonds. The summed E-state index contributed by atoms with van der Waals surface area (Å²) < 4.78 is 5.16. The fourth-order valence-electron chi connectivity index (χ4n) is 2.07. The standard InChI is InChI=1S/C17H11ClN2O4/c18-15-12-3-1-2-4-14(12)24-17(23)13(15)9-19-20-16(22)10-5-7-11(21)8-6-10/h1-9,21H,(H,20,22)/b19-9+. The van der Waals surface area contributed by atoms with Crippen LogP contribution in [0.5, 0.6) is 5.75 Å². The minimum atomic E-state index is -0.652. The summed E-state index contributed by atoms with van der Waals surface area (Å²) in [5.74, 6) is -0.442. The number of benzene rings is 2. The zero-order valence-electron chi connectivity index (χ0n) is 12.2. The largest absolute Gasteiger partial charge is 0.508 e. The number of phenols is 1.